The van der Waals surface area contributed by atoms with E-state index >= 15 is 0 Å². The van der Waals surface area contributed by atoms with Crippen molar-refractivity contribution in [2.45, 2.75) is 6.18 Å². The molecular weight excluding hydrogens is 185 g/mol. The van der Waals surface area contributed by atoms with Crippen molar-refractivity contribution in [3.05, 3.63) is 24.3 Å². The van der Waals surface area contributed by atoms with Crippen molar-refractivity contribution >= 4 is 0 Å². The van der Waals surface area contributed by atoms with Gasteiger partial charge in [-0.3, -0.25) is 0 Å². The fourth-order valence-corrected chi connectivity index (χ4v) is 0.739. The van der Waals surface area contributed by atoms with Crippen LogP contribution in [0.3, 0.4) is 0 Å². The first-order valence-corrected chi connectivity index (χ1v) is 3.46. The summed E-state index contributed by atoms with van der Waals surface area (Å²) in [4.78, 5) is 0. The largest absolute Gasteiger partial charge is 0.504 e. The topological polar surface area (TPSA) is 29.5 Å². The molecule has 0 bridgehead atoms. The van der Waals surface area contributed by atoms with Crippen molar-refractivity contribution in [2.24, 2.45) is 0 Å². The molecule has 0 fully saturated rings. The summed E-state index contributed by atoms with van der Waals surface area (Å²) in [6, 6.07) is 5.49. The summed E-state index contributed by atoms with van der Waals surface area (Å²) < 4.78 is 39.3. The second kappa shape index (κ2) is 3.55. The first-order valence-electron chi connectivity index (χ1n) is 3.46. The molecule has 0 spiro atoms. The van der Waals surface area contributed by atoms with Crippen LogP contribution in [0.4, 0.5) is 13.2 Å². The van der Waals surface area contributed by atoms with Crippen molar-refractivity contribution in [1.82, 2.24) is 0 Å². The first-order chi connectivity index (χ1) is 5.99. The minimum Gasteiger partial charge on any atom is -0.504 e. The van der Waals surface area contributed by atoms with Gasteiger partial charge >= 0.3 is 6.18 Å². The maximum atomic E-state index is 11.7. The average molecular weight is 192 g/mol. The van der Waals surface area contributed by atoms with E-state index in [9.17, 15) is 13.2 Å². The normalized spacial score (nSPS) is 11.3. The van der Waals surface area contributed by atoms with E-state index in [1.54, 1.807) is 0 Å². The summed E-state index contributed by atoms with van der Waals surface area (Å²) >= 11 is 0. The van der Waals surface area contributed by atoms with Crippen LogP contribution in [0.5, 0.6) is 11.5 Å². The van der Waals surface area contributed by atoms with Crippen LogP contribution in [-0.4, -0.2) is 17.9 Å². The SMILES string of the molecule is Oc1ccccc1OCC(F)(F)F. The Morgan fingerprint density at radius 2 is 1.85 bits per heavy atom. The number of benzene rings is 1. The Morgan fingerprint density at radius 3 is 2.38 bits per heavy atom. The van der Waals surface area contributed by atoms with Crippen molar-refractivity contribution in [1.29, 1.82) is 0 Å². The molecule has 1 N–H and O–H groups in total. The second-order valence-corrected chi connectivity index (χ2v) is 2.37. The maximum absolute atomic E-state index is 11.7. The number of aromatic hydroxyl groups is 1. The molecule has 0 aliphatic carbocycles. The van der Waals surface area contributed by atoms with Gasteiger partial charge in [0.2, 0.25) is 0 Å². The third kappa shape index (κ3) is 3.23. The number of rotatable bonds is 2. The third-order valence-electron chi connectivity index (χ3n) is 1.26. The smallest absolute Gasteiger partial charge is 0.422 e. The predicted molar refractivity (Wildman–Crippen MR) is 39.7 cm³/mol. The van der Waals surface area contributed by atoms with Crippen LogP contribution in [0.15, 0.2) is 24.3 Å². The lowest BCUT2D eigenvalue weighted by Crippen LogP contribution is -2.19. The summed E-state index contributed by atoms with van der Waals surface area (Å²) in [6.07, 6.45) is -4.39. The zero-order valence-corrected chi connectivity index (χ0v) is 6.51. The molecule has 1 aromatic carbocycles. The van der Waals surface area contributed by atoms with Crippen LogP contribution >= 0.6 is 0 Å². The molecule has 1 rings (SSSR count). The number of hydrogen-bond acceptors (Lipinski definition) is 2. The summed E-state index contributed by atoms with van der Waals surface area (Å²) in [6.45, 7) is -1.40. The van der Waals surface area contributed by atoms with Crippen molar-refractivity contribution in [2.75, 3.05) is 6.61 Å². The van der Waals surface area contributed by atoms with Gasteiger partial charge in [0, 0.05) is 0 Å². The lowest BCUT2D eigenvalue weighted by Gasteiger charge is -2.09. The van der Waals surface area contributed by atoms with Crippen LogP contribution in [0, 0.1) is 0 Å². The molecule has 0 aromatic heterocycles. The molecule has 72 valence electrons. The lowest BCUT2D eigenvalue weighted by atomic mass is 10.3. The van der Waals surface area contributed by atoms with Gasteiger partial charge in [-0.05, 0) is 12.1 Å². The summed E-state index contributed by atoms with van der Waals surface area (Å²) in [5.74, 6) is -0.466. The number of phenolic OH excluding ortho intramolecular Hbond substituents is 1. The molecule has 13 heavy (non-hydrogen) atoms. The van der Waals surface area contributed by atoms with Gasteiger partial charge in [0.1, 0.15) is 0 Å². The van der Waals surface area contributed by atoms with Gasteiger partial charge in [-0.1, -0.05) is 12.1 Å². The highest BCUT2D eigenvalue weighted by Gasteiger charge is 2.28. The maximum Gasteiger partial charge on any atom is 0.422 e. The Balaban J connectivity index is 2.60. The highest BCUT2D eigenvalue weighted by atomic mass is 19.4. The third-order valence-corrected chi connectivity index (χ3v) is 1.26. The minimum absolute atomic E-state index is 0.167. The Labute approximate surface area is 72.6 Å². The highest BCUT2D eigenvalue weighted by molar-refractivity contribution is 5.37. The van der Waals surface area contributed by atoms with Gasteiger partial charge in [-0.2, -0.15) is 13.2 Å². The molecule has 1 aromatic rings. The van der Waals surface area contributed by atoms with Gasteiger partial charge in [-0.25, -0.2) is 0 Å². The van der Waals surface area contributed by atoms with Crippen molar-refractivity contribution in [3.8, 4) is 11.5 Å². The molecule has 0 saturated carbocycles. The van der Waals surface area contributed by atoms with Gasteiger partial charge < -0.3 is 9.84 Å². The Bertz CT molecular complexity index is 283. The number of para-hydroxylation sites is 2. The molecule has 5 heteroatoms. The van der Waals surface area contributed by atoms with E-state index in [1.807, 2.05) is 0 Å². The molecule has 0 heterocycles. The average Bonchev–Trinajstić information content (AvgIpc) is 2.01. The van der Waals surface area contributed by atoms with Crippen LogP contribution in [-0.2, 0) is 0 Å². The van der Waals surface area contributed by atoms with E-state index in [4.69, 9.17) is 5.11 Å². The Kier molecular flexibility index (Phi) is 2.65. The number of phenols is 1. The summed E-state index contributed by atoms with van der Waals surface area (Å²) in [5, 5.41) is 9.02. The summed E-state index contributed by atoms with van der Waals surface area (Å²) in [5.41, 5.74) is 0. The van der Waals surface area contributed by atoms with Crippen LogP contribution in [0.25, 0.3) is 0 Å². The second-order valence-electron chi connectivity index (χ2n) is 2.37. The molecule has 0 atom stereocenters. The molecule has 0 unspecified atom stereocenters. The van der Waals surface area contributed by atoms with Crippen LogP contribution < -0.4 is 4.74 Å². The fourth-order valence-electron chi connectivity index (χ4n) is 0.739. The lowest BCUT2D eigenvalue weighted by molar-refractivity contribution is -0.153. The highest BCUT2D eigenvalue weighted by Crippen LogP contribution is 2.26. The fraction of sp³-hybridized carbons (Fsp3) is 0.250. The van der Waals surface area contributed by atoms with Gasteiger partial charge in [0.25, 0.3) is 0 Å². The molecule has 0 radical (unpaired) electrons. The number of halogens is 3. The van der Waals surface area contributed by atoms with E-state index in [0.717, 1.165) is 0 Å². The van der Waals surface area contributed by atoms with Crippen molar-refractivity contribution < 1.29 is 23.0 Å². The Morgan fingerprint density at radius 1 is 1.23 bits per heavy atom. The zero-order valence-electron chi connectivity index (χ0n) is 6.51. The Hall–Kier alpha value is -1.39. The molecule has 0 aliphatic rings. The van der Waals surface area contributed by atoms with Gasteiger partial charge in [-0.15, -0.1) is 0 Å². The van der Waals surface area contributed by atoms with E-state index in [0.29, 0.717) is 0 Å². The number of alkyl halides is 3. The zero-order chi connectivity index (χ0) is 9.90. The van der Waals surface area contributed by atoms with E-state index in [-0.39, 0.29) is 11.5 Å². The molecule has 0 amide bonds. The molecule has 0 aliphatic heterocycles. The summed E-state index contributed by atoms with van der Waals surface area (Å²) in [7, 11) is 0. The standard InChI is InChI=1S/C8H7F3O2/c9-8(10,11)5-13-7-4-2-1-3-6(7)12/h1-4,12H,5H2. The van der Waals surface area contributed by atoms with Crippen molar-refractivity contribution in [3.63, 3.8) is 0 Å². The van der Waals surface area contributed by atoms with Crippen LogP contribution in [0.1, 0.15) is 0 Å². The van der Waals surface area contributed by atoms with E-state index in [2.05, 4.69) is 4.74 Å². The monoisotopic (exact) mass is 192 g/mol. The van der Waals surface area contributed by atoms with E-state index < -0.39 is 12.8 Å². The minimum atomic E-state index is -4.39. The van der Waals surface area contributed by atoms with Gasteiger partial charge in [0.15, 0.2) is 18.1 Å². The van der Waals surface area contributed by atoms with Gasteiger partial charge in [0.05, 0.1) is 0 Å². The first kappa shape index (κ1) is 9.70. The number of ether oxygens (including phenoxy) is 1. The predicted octanol–water partition coefficient (Wildman–Crippen LogP) is 2.33. The quantitative estimate of drug-likeness (QED) is 0.779. The molecular formula is C8H7F3O2. The van der Waals surface area contributed by atoms with Crippen LogP contribution in [0.2, 0.25) is 0 Å². The van der Waals surface area contributed by atoms with E-state index in [1.165, 1.54) is 24.3 Å². The molecule has 0 saturated heterocycles. The molecule has 2 nitrogen and oxygen atoms in total. The number of hydrogen-bond donors (Lipinski definition) is 1.